The number of nitrogens with two attached hydrogens (primary N) is 1. The quantitative estimate of drug-likeness (QED) is 0.472. The number of pyridine rings is 1. The molecule has 4 heterocycles. The van der Waals surface area contributed by atoms with E-state index in [1.54, 1.807) is 22.3 Å². The van der Waals surface area contributed by atoms with Crippen molar-refractivity contribution in [2.24, 2.45) is 5.92 Å². The predicted molar refractivity (Wildman–Crippen MR) is 164 cm³/mol. The molecule has 3 N–H and O–H groups in total. The number of allylic oxidation sites excluding steroid dienone is 1. The molecule has 2 aliphatic rings. The smallest absolute Gasteiger partial charge is 0.313 e. The number of amides is 2. The average molecular weight is 557 g/mol. The minimum absolute atomic E-state index is 0.445. The number of hydrogen-bond donors (Lipinski definition) is 2. The fourth-order valence-corrected chi connectivity index (χ4v) is 5.36. The van der Waals surface area contributed by atoms with E-state index in [0.717, 1.165) is 36.9 Å². The van der Waals surface area contributed by atoms with Crippen molar-refractivity contribution in [3.05, 3.63) is 40.0 Å². The molecule has 2 aromatic heterocycles. The number of anilines is 2. The van der Waals surface area contributed by atoms with Crippen molar-refractivity contribution in [2.75, 3.05) is 37.7 Å². The van der Waals surface area contributed by atoms with Gasteiger partial charge in [-0.05, 0) is 96.5 Å². The van der Waals surface area contributed by atoms with Crippen LogP contribution in [0.2, 0.25) is 0 Å². The standard InChI is InChI=1S/C15H22N4O2.C8H11NS.C7H15N/c1-3-11-7-12(8-17-13(11)16)18-14(20)15(21)19-6-4-5-10(2)9-19;1-3-5-7-8(4-2)10-6-9-7;1-7(2)5-4-6-8(7)3/h7-8,10H,3-6,9H2,1-2H3,(H2,16,17)(H,18,20);3,5-6H,4H2,1-2H3;4-6H2,1-3H3/b;5-3-;. The summed E-state index contributed by atoms with van der Waals surface area (Å²) in [6.07, 6.45) is 12.1. The molecule has 0 spiro atoms. The molecule has 2 fully saturated rings. The van der Waals surface area contributed by atoms with Crippen LogP contribution >= 0.6 is 11.3 Å². The van der Waals surface area contributed by atoms with E-state index < -0.39 is 11.8 Å². The number of nitrogen functional groups attached to an aromatic ring is 1. The molecule has 2 aliphatic heterocycles. The number of nitrogens with zero attached hydrogens (tertiary/aromatic N) is 4. The number of likely N-dealkylation sites (tertiary alicyclic amines) is 2. The Balaban J connectivity index is 0.000000243. The normalized spacial score (nSPS) is 18.6. The van der Waals surface area contributed by atoms with E-state index in [2.05, 4.69) is 61.0 Å². The molecule has 216 valence electrons. The molecule has 9 heteroatoms. The first-order chi connectivity index (χ1) is 18.5. The van der Waals surface area contributed by atoms with Crippen molar-refractivity contribution in [1.82, 2.24) is 19.8 Å². The SMILES string of the molecule is C/C=C\c1ncsc1CC.CCc1cc(NC(=O)C(=O)N2CCCC(C)C2)cnc1N.CN1CCCC1(C)C. The Labute approximate surface area is 239 Å². The van der Waals surface area contributed by atoms with Gasteiger partial charge in [-0.1, -0.05) is 26.8 Å². The van der Waals surface area contributed by atoms with Gasteiger partial charge in [0.2, 0.25) is 0 Å². The fourth-order valence-electron chi connectivity index (χ4n) is 4.65. The number of aryl methyl sites for hydroxylation is 2. The molecular formula is C30H48N6O2S. The van der Waals surface area contributed by atoms with Crippen LogP contribution < -0.4 is 11.1 Å². The number of thiazole rings is 1. The van der Waals surface area contributed by atoms with E-state index in [1.807, 2.05) is 25.4 Å². The van der Waals surface area contributed by atoms with Gasteiger partial charge in [-0.15, -0.1) is 11.3 Å². The fraction of sp³-hybridized carbons (Fsp3) is 0.600. The monoisotopic (exact) mass is 556 g/mol. The largest absolute Gasteiger partial charge is 0.383 e. The van der Waals surface area contributed by atoms with Crippen molar-refractivity contribution in [2.45, 2.75) is 85.6 Å². The third-order valence-corrected chi connectivity index (χ3v) is 8.41. The lowest BCUT2D eigenvalue weighted by atomic mass is 10.0. The number of nitrogens with one attached hydrogen (secondary N) is 1. The van der Waals surface area contributed by atoms with Crippen LogP contribution in [0.5, 0.6) is 0 Å². The lowest BCUT2D eigenvalue weighted by Crippen LogP contribution is -2.44. The maximum atomic E-state index is 12.1. The maximum absolute atomic E-state index is 12.1. The van der Waals surface area contributed by atoms with Crippen LogP contribution in [0.4, 0.5) is 11.5 Å². The molecule has 0 radical (unpaired) electrons. The molecule has 0 bridgehead atoms. The van der Waals surface area contributed by atoms with Gasteiger partial charge >= 0.3 is 11.8 Å². The van der Waals surface area contributed by atoms with Crippen molar-refractivity contribution in [3.63, 3.8) is 0 Å². The molecule has 4 rings (SSSR count). The summed E-state index contributed by atoms with van der Waals surface area (Å²) in [6, 6.07) is 1.76. The Morgan fingerprint density at radius 1 is 1.21 bits per heavy atom. The van der Waals surface area contributed by atoms with Gasteiger partial charge < -0.3 is 20.9 Å². The first-order valence-electron chi connectivity index (χ1n) is 14.1. The van der Waals surface area contributed by atoms with Crippen LogP contribution in [0.25, 0.3) is 6.08 Å². The molecular weight excluding hydrogens is 508 g/mol. The minimum atomic E-state index is -0.613. The molecule has 1 atom stereocenters. The number of aromatic nitrogens is 2. The van der Waals surface area contributed by atoms with Crippen LogP contribution in [0.15, 0.2) is 23.8 Å². The second-order valence-corrected chi connectivity index (χ2v) is 11.9. The second kappa shape index (κ2) is 15.7. The van der Waals surface area contributed by atoms with Crippen molar-refractivity contribution < 1.29 is 9.59 Å². The first-order valence-corrected chi connectivity index (χ1v) is 15.0. The zero-order valence-electron chi connectivity index (χ0n) is 24.9. The second-order valence-electron chi connectivity index (χ2n) is 10.9. The number of carbonyl (C=O) groups excluding carboxylic acids is 2. The first kappa shape index (κ1) is 32.4. The molecule has 2 aromatic rings. The van der Waals surface area contributed by atoms with Gasteiger partial charge in [0.15, 0.2) is 0 Å². The summed E-state index contributed by atoms with van der Waals surface area (Å²) >= 11 is 1.73. The Kier molecular flexibility index (Phi) is 13.1. The maximum Gasteiger partial charge on any atom is 0.313 e. The van der Waals surface area contributed by atoms with Crippen molar-refractivity contribution >= 4 is 40.7 Å². The van der Waals surface area contributed by atoms with Crippen molar-refractivity contribution in [3.8, 4) is 0 Å². The molecule has 2 saturated heterocycles. The van der Waals surface area contributed by atoms with Crippen LogP contribution in [0.3, 0.4) is 0 Å². The summed E-state index contributed by atoms with van der Waals surface area (Å²) in [6.45, 7) is 15.4. The Morgan fingerprint density at radius 3 is 2.49 bits per heavy atom. The lowest BCUT2D eigenvalue weighted by molar-refractivity contribution is -0.144. The van der Waals surface area contributed by atoms with Gasteiger partial charge in [-0.25, -0.2) is 9.97 Å². The molecule has 39 heavy (non-hydrogen) atoms. The van der Waals surface area contributed by atoms with Gasteiger partial charge in [0, 0.05) is 23.5 Å². The highest BCUT2D eigenvalue weighted by molar-refractivity contribution is 7.09. The summed E-state index contributed by atoms with van der Waals surface area (Å²) in [5, 5.41) is 2.61. The highest BCUT2D eigenvalue weighted by atomic mass is 32.1. The highest BCUT2D eigenvalue weighted by Crippen LogP contribution is 2.25. The predicted octanol–water partition coefficient (Wildman–Crippen LogP) is 5.65. The van der Waals surface area contributed by atoms with Gasteiger partial charge in [-0.3, -0.25) is 9.59 Å². The van der Waals surface area contributed by atoms with Crippen LogP contribution in [0, 0.1) is 5.92 Å². The van der Waals surface area contributed by atoms with E-state index in [4.69, 9.17) is 5.73 Å². The Hall–Kier alpha value is -2.78. The van der Waals surface area contributed by atoms with Crippen LogP contribution in [-0.4, -0.2) is 63.8 Å². The van der Waals surface area contributed by atoms with E-state index >= 15 is 0 Å². The number of piperidine rings is 1. The minimum Gasteiger partial charge on any atom is -0.383 e. The summed E-state index contributed by atoms with van der Waals surface area (Å²) in [7, 11) is 2.20. The van der Waals surface area contributed by atoms with E-state index in [0.29, 0.717) is 36.1 Å². The average Bonchev–Trinajstić information content (AvgIpc) is 3.50. The van der Waals surface area contributed by atoms with Gasteiger partial charge in [-0.2, -0.15) is 0 Å². The third kappa shape index (κ3) is 10.0. The molecule has 8 nitrogen and oxygen atoms in total. The molecule has 0 aliphatic carbocycles. The molecule has 0 saturated carbocycles. The topological polar surface area (TPSA) is 104 Å². The van der Waals surface area contributed by atoms with Gasteiger partial charge in [0.25, 0.3) is 0 Å². The van der Waals surface area contributed by atoms with Crippen LogP contribution in [0.1, 0.15) is 83.4 Å². The molecule has 2 amide bonds. The van der Waals surface area contributed by atoms with Crippen LogP contribution in [-0.2, 0) is 22.4 Å². The molecule has 0 aromatic carbocycles. The van der Waals surface area contributed by atoms with Gasteiger partial charge in [0.05, 0.1) is 23.1 Å². The summed E-state index contributed by atoms with van der Waals surface area (Å²) in [4.78, 5) is 37.8. The zero-order valence-corrected chi connectivity index (χ0v) is 25.7. The molecule has 1 unspecified atom stereocenters. The third-order valence-electron chi connectivity index (χ3n) is 7.41. The van der Waals surface area contributed by atoms with E-state index in [9.17, 15) is 9.59 Å². The summed E-state index contributed by atoms with van der Waals surface area (Å²) < 4.78 is 0. The zero-order chi connectivity index (χ0) is 29.0. The highest BCUT2D eigenvalue weighted by Gasteiger charge is 2.28. The van der Waals surface area contributed by atoms with E-state index in [1.165, 1.54) is 30.5 Å². The summed E-state index contributed by atoms with van der Waals surface area (Å²) in [5.74, 6) is -0.193. The lowest BCUT2D eigenvalue weighted by Gasteiger charge is -2.30. The summed E-state index contributed by atoms with van der Waals surface area (Å²) in [5.41, 5.74) is 10.6. The Morgan fingerprint density at radius 2 is 1.95 bits per heavy atom. The number of rotatable bonds is 4. The number of carbonyl (C=O) groups is 2. The Bertz CT molecular complexity index is 1100. The van der Waals surface area contributed by atoms with Gasteiger partial charge in [0.1, 0.15) is 5.82 Å². The van der Waals surface area contributed by atoms with E-state index in [-0.39, 0.29) is 0 Å². The number of hydrogen-bond acceptors (Lipinski definition) is 7. The van der Waals surface area contributed by atoms with Crippen molar-refractivity contribution in [1.29, 1.82) is 0 Å².